The van der Waals surface area contributed by atoms with E-state index in [-0.39, 0.29) is 11.8 Å². The van der Waals surface area contributed by atoms with Gasteiger partial charge in [0, 0.05) is 22.9 Å². The van der Waals surface area contributed by atoms with Crippen LogP contribution in [0, 0.1) is 5.92 Å². The fourth-order valence-corrected chi connectivity index (χ4v) is 4.48. The van der Waals surface area contributed by atoms with Crippen LogP contribution < -0.4 is 10.6 Å². The van der Waals surface area contributed by atoms with E-state index in [0.717, 1.165) is 54.0 Å². The van der Waals surface area contributed by atoms with Crippen LogP contribution in [-0.2, 0) is 10.3 Å². The third-order valence-electron chi connectivity index (χ3n) is 5.56. The molecule has 1 aliphatic carbocycles. The van der Waals surface area contributed by atoms with Gasteiger partial charge in [-0.3, -0.25) is 9.79 Å². The van der Waals surface area contributed by atoms with E-state index in [2.05, 4.69) is 16.7 Å². The average Bonchev–Trinajstić information content (AvgIpc) is 2.80. The number of rotatable bonds is 0. The Morgan fingerprint density at radius 1 is 1.00 bits per heavy atom. The Kier molecular flexibility index (Phi) is 2.84. The summed E-state index contributed by atoms with van der Waals surface area (Å²) in [5.74, 6) is 0.141. The molecule has 1 fully saturated rings. The molecule has 1 amide bonds. The Morgan fingerprint density at radius 3 is 2.71 bits per heavy atom. The van der Waals surface area contributed by atoms with Gasteiger partial charge in [-0.25, -0.2) is 0 Å². The molecule has 5 rings (SSSR count). The minimum Gasteiger partial charge on any atom is -0.365 e. The summed E-state index contributed by atoms with van der Waals surface area (Å²) in [7, 11) is 0. The number of anilines is 2. The zero-order valence-corrected chi connectivity index (χ0v) is 13.4. The second-order valence-electron chi connectivity index (χ2n) is 6.85. The monoisotopic (exact) mass is 317 g/mol. The predicted octanol–water partition coefficient (Wildman–Crippen LogP) is 4.22. The van der Waals surface area contributed by atoms with Crippen LogP contribution in [0.2, 0.25) is 0 Å². The van der Waals surface area contributed by atoms with Gasteiger partial charge >= 0.3 is 0 Å². The molecular formula is C20H19N3O. The molecule has 0 saturated heterocycles. The molecule has 4 heteroatoms. The van der Waals surface area contributed by atoms with Gasteiger partial charge in [0.2, 0.25) is 0 Å². The standard InChI is InChI=1S/C20H19N3O/c24-19-20(14-8-2-4-10-16(14)22-19)13-7-1-3-9-15(13)21-17-11-5-6-12-18(17)23-20/h2,4-6,8,10-13,23H,1,3,7,9H2,(H,22,24). The first-order valence-electron chi connectivity index (χ1n) is 8.65. The van der Waals surface area contributed by atoms with Gasteiger partial charge in [-0.05, 0) is 37.5 Å². The molecule has 0 radical (unpaired) electrons. The molecule has 2 unspecified atom stereocenters. The van der Waals surface area contributed by atoms with Crippen molar-refractivity contribution in [1.82, 2.24) is 0 Å². The summed E-state index contributed by atoms with van der Waals surface area (Å²) in [5, 5.41) is 6.71. The SMILES string of the molecule is O=C1Nc2ccccc2C12Nc1ccccc1N=C1CCCCC12. The van der Waals surface area contributed by atoms with Crippen molar-refractivity contribution in [3.63, 3.8) is 0 Å². The smallest absolute Gasteiger partial charge is 0.255 e. The van der Waals surface area contributed by atoms with Gasteiger partial charge in [0.15, 0.2) is 5.54 Å². The normalized spacial score (nSPS) is 27.2. The van der Waals surface area contributed by atoms with Gasteiger partial charge < -0.3 is 10.6 Å². The molecule has 2 heterocycles. The molecule has 2 aliphatic heterocycles. The van der Waals surface area contributed by atoms with Crippen LogP contribution in [0.1, 0.15) is 31.2 Å². The van der Waals surface area contributed by atoms with Gasteiger partial charge in [0.1, 0.15) is 0 Å². The Labute approximate surface area is 141 Å². The lowest BCUT2D eigenvalue weighted by molar-refractivity contribution is -0.121. The van der Waals surface area contributed by atoms with E-state index in [0.29, 0.717) is 0 Å². The van der Waals surface area contributed by atoms with E-state index in [1.807, 2.05) is 42.5 Å². The van der Waals surface area contributed by atoms with Crippen LogP contribution in [0.5, 0.6) is 0 Å². The molecule has 120 valence electrons. The van der Waals surface area contributed by atoms with E-state index in [4.69, 9.17) is 4.99 Å². The Balaban J connectivity index is 1.79. The summed E-state index contributed by atoms with van der Waals surface area (Å²) >= 11 is 0. The molecular weight excluding hydrogens is 298 g/mol. The molecule has 0 bridgehead atoms. The first kappa shape index (κ1) is 13.8. The molecule has 2 aromatic carbocycles. The van der Waals surface area contributed by atoms with Gasteiger partial charge in [-0.15, -0.1) is 0 Å². The maximum atomic E-state index is 13.2. The van der Waals surface area contributed by atoms with Crippen LogP contribution in [0.25, 0.3) is 0 Å². The molecule has 24 heavy (non-hydrogen) atoms. The lowest BCUT2D eigenvalue weighted by Gasteiger charge is -2.38. The number of carbonyl (C=O) groups is 1. The van der Waals surface area contributed by atoms with Crippen molar-refractivity contribution in [2.75, 3.05) is 10.6 Å². The van der Waals surface area contributed by atoms with Crippen LogP contribution in [0.4, 0.5) is 17.1 Å². The summed E-state index contributed by atoms with van der Waals surface area (Å²) in [4.78, 5) is 18.2. The third kappa shape index (κ3) is 1.74. The molecule has 3 aliphatic rings. The van der Waals surface area contributed by atoms with E-state index in [1.165, 1.54) is 0 Å². The first-order chi connectivity index (χ1) is 11.8. The van der Waals surface area contributed by atoms with Gasteiger partial charge in [-0.1, -0.05) is 36.8 Å². The molecule has 2 N–H and O–H groups in total. The molecule has 2 aromatic rings. The highest BCUT2D eigenvalue weighted by Crippen LogP contribution is 2.50. The lowest BCUT2D eigenvalue weighted by Crippen LogP contribution is -2.51. The molecule has 2 atom stereocenters. The highest BCUT2D eigenvalue weighted by Gasteiger charge is 2.55. The number of para-hydroxylation sites is 3. The van der Waals surface area contributed by atoms with Gasteiger partial charge in [0.05, 0.1) is 11.4 Å². The summed E-state index contributed by atoms with van der Waals surface area (Å²) in [6, 6.07) is 16.1. The molecule has 1 saturated carbocycles. The van der Waals surface area contributed by atoms with Crippen molar-refractivity contribution >= 4 is 28.7 Å². The van der Waals surface area contributed by atoms with Gasteiger partial charge in [0.25, 0.3) is 5.91 Å². The number of fused-ring (bicyclic) bond motifs is 5. The van der Waals surface area contributed by atoms with Crippen LogP contribution >= 0.6 is 0 Å². The number of hydrogen-bond donors (Lipinski definition) is 2. The van der Waals surface area contributed by atoms with Crippen LogP contribution in [-0.4, -0.2) is 11.6 Å². The number of carbonyl (C=O) groups excluding carboxylic acids is 1. The molecule has 1 spiro atoms. The number of hydrogen-bond acceptors (Lipinski definition) is 3. The van der Waals surface area contributed by atoms with Crippen molar-refractivity contribution in [1.29, 1.82) is 0 Å². The first-order valence-corrected chi connectivity index (χ1v) is 8.65. The second-order valence-corrected chi connectivity index (χ2v) is 6.85. The van der Waals surface area contributed by atoms with E-state index >= 15 is 0 Å². The zero-order chi connectivity index (χ0) is 16.1. The minimum absolute atomic E-state index is 0.0417. The van der Waals surface area contributed by atoms with E-state index < -0.39 is 5.54 Å². The average molecular weight is 317 g/mol. The highest BCUT2D eigenvalue weighted by molar-refractivity contribution is 6.12. The second kappa shape index (κ2) is 4.94. The fraction of sp³-hybridized carbons (Fsp3) is 0.300. The highest BCUT2D eigenvalue weighted by atomic mass is 16.2. The predicted molar refractivity (Wildman–Crippen MR) is 95.9 cm³/mol. The number of aliphatic imine (C=N–C) groups is 1. The third-order valence-corrected chi connectivity index (χ3v) is 5.56. The van der Waals surface area contributed by atoms with Gasteiger partial charge in [-0.2, -0.15) is 0 Å². The van der Waals surface area contributed by atoms with E-state index in [9.17, 15) is 4.79 Å². The van der Waals surface area contributed by atoms with Crippen molar-refractivity contribution in [2.45, 2.75) is 31.2 Å². The number of nitrogens with one attached hydrogen (secondary N) is 2. The number of amides is 1. The van der Waals surface area contributed by atoms with Crippen molar-refractivity contribution in [2.24, 2.45) is 10.9 Å². The molecule has 4 nitrogen and oxygen atoms in total. The van der Waals surface area contributed by atoms with Crippen LogP contribution in [0.3, 0.4) is 0 Å². The quantitative estimate of drug-likeness (QED) is 0.764. The topological polar surface area (TPSA) is 53.5 Å². The lowest BCUT2D eigenvalue weighted by atomic mass is 9.70. The van der Waals surface area contributed by atoms with E-state index in [1.54, 1.807) is 0 Å². The minimum atomic E-state index is -0.748. The molecule has 0 aromatic heterocycles. The summed E-state index contributed by atoms with van der Waals surface area (Å²) < 4.78 is 0. The van der Waals surface area contributed by atoms with Crippen molar-refractivity contribution in [3.05, 3.63) is 54.1 Å². The van der Waals surface area contributed by atoms with Crippen LogP contribution in [0.15, 0.2) is 53.5 Å². The maximum absolute atomic E-state index is 13.2. The van der Waals surface area contributed by atoms with Crippen molar-refractivity contribution in [3.8, 4) is 0 Å². The maximum Gasteiger partial charge on any atom is 0.255 e. The summed E-state index contributed by atoms with van der Waals surface area (Å²) in [5.41, 5.74) is 4.25. The number of nitrogens with zero attached hydrogens (tertiary/aromatic N) is 1. The summed E-state index contributed by atoms with van der Waals surface area (Å²) in [6.45, 7) is 0. The summed E-state index contributed by atoms with van der Waals surface area (Å²) in [6.07, 6.45) is 4.25. The van der Waals surface area contributed by atoms with Crippen molar-refractivity contribution < 1.29 is 4.79 Å². The Hall–Kier alpha value is -2.62. The zero-order valence-electron chi connectivity index (χ0n) is 13.4. The number of benzene rings is 2. The Morgan fingerprint density at radius 2 is 1.79 bits per heavy atom. The Bertz CT molecular complexity index is 873. The largest absolute Gasteiger partial charge is 0.365 e. The fourth-order valence-electron chi connectivity index (χ4n) is 4.48.